The van der Waals surface area contributed by atoms with Crippen LogP contribution in [0.15, 0.2) is 164 Å². The predicted molar refractivity (Wildman–Crippen MR) is 294 cm³/mol. The van der Waals surface area contributed by atoms with Crippen molar-refractivity contribution in [3.63, 3.8) is 0 Å². The second-order valence-corrected chi connectivity index (χ2v) is 25.0. The van der Waals surface area contributed by atoms with Crippen LogP contribution in [0.25, 0.3) is 0 Å². The van der Waals surface area contributed by atoms with E-state index in [1.807, 2.05) is 0 Å². The maximum Gasteiger partial charge on any atom is 0.342 e. The van der Waals surface area contributed by atoms with Crippen LogP contribution in [0, 0.1) is 45.3 Å². The summed E-state index contributed by atoms with van der Waals surface area (Å²) in [5.74, 6) is -17.2. The number of Topliss-reactive ketones (excluding diaryl/α,β-unsaturated/α-hetero) is 4. The van der Waals surface area contributed by atoms with Crippen molar-refractivity contribution in [2.45, 2.75) is 117 Å². The molecule has 9 rings (SSSR count). The van der Waals surface area contributed by atoms with Crippen LogP contribution in [-0.4, -0.2) is 105 Å². The lowest BCUT2D eigenvalue weighted by Gasteiger charge is -2.45. The van der Waals surface area contributed by atoms with Crippen molar-refractivity contribution in [3.05, 3.63) is 164 Å². The third-order valence-corrected chi connectivity index (χ3v) is 19.5. The Bertz CT molecular complexity index is 3430. The number of carbonyl (C=O) groups excluding carboxylic acids is 10. The third kappa shape index (κ3) is 8.83. The van der Waals surface area contributed by atoms with E-state index in [0.717, 1.165) is 24.3 Å². The Morgan fingerprint density at radius 2 is 0.733 bits per heavy atom. The SMILES string of the molecule is CC1=C\C=C\C2(C)C=C(CO)C(C)CC23OC(=O)/C(=C([O-])\C=C\C2(C)C=C(C=O)C(C)CC24OC(=O)\C(=C([O-])/C(C)=C/C=C/C2(C)C=C(CO)C(C)CC25OC(=O)C(=C([O-])/C=C/C2(C)C=C(C=O)C(C)CC26OC(=O)/C(=C\1[O-])C6=O)C5=O)C4=O)C3=O. The number of allylic oxidation sites excluding steroid dienone is 10. The van der Waals surface area contributed by atoms with E-state index in [2.05, 4.69) is 0 Å². The molecular weight excluding hydrogens is 1110 g/mol. The summed E-state index contributed by atoms with van der Waals surface area (Å²) in [5, 5.41) is 78.6. The lowest BCUT2D eigenvalue weighted by Crippen LogP contribution is -2.54. The van der Waals surface area contributed by atoms with Crippen LogP contribution in [0.3, 0.4) is 0 Å². The molecule has 8 bridgehead atoms. The van der Waals surface area contributed by atoms with E-state index in [1.165, 1.54) is 102 Å². The molecule has 0 amide bonds. The number of hydrogen-bond acceptors (Lipinski definition) is 20. The van der Waals surface area contributed by atoms with Gasteiger partial charge in [0.2, 0.25) is 23.1 Å². The Balaban J connectivity index is 1.26. The summed E-state index contributed by atoms with van der Waals surface area (Å²) in [5.41, 5.74) is -19.3. The van der Waals surface area contributed by atoms with Crippen molar-refractivity contribution >= 4 is 59.6 Å². The quantitative estimate of drug-likeness (QED) is 0.134. The van der Waals surface area contributed by atoms with Gasteiger partial charge in [-0.25, -0.2) is 19.2 Å². The van der Waals surface area contributed by atoms with Gasteiger partial charge in [0.25, 0.3) is 0 Å². The first-order valence-electron chi connectivity index (χ1n) is 28.1. The summed E-state index contributed by atoms with van der Waals surface area (Å²) in [6.45, 7) is 13.6. The van der Waals surface area contributed by atoms with Gasteiger partial charge in [-0.3, -0.25) is 28.8 Å². The lowest BCUT2D eigenvalue weighted by molar-refractivity contribution is -0.299. The van der Waals surface area contributed by atoms with Crippen molar-refractivity contribution < 1.29 is 97.5 Å². The maximum absolute atomic E-state index is 14.9. The second-order valence-electron chi connectivity index (χ2n) is 25.0. The van der Waals surface area contributed by atoms with Gasteiger partial charge in [0, 0.05) is 25.7 Å². The van der Waals surface area contributed by atoms with Crippen LogP contribution in [0.4, 0.5) is 0 Å². The maximum atomic E-state index is 14.9. The predicted octanol–water partition coefficient (Wildman–Crippen LogP) is 2.31. The highest BCUT2D eigenvalue weighted by Crippen LogP contribution is 2.58. The number of ketones is 4. The van der Waals surface area contributed by atoms with Crippen LogP contribution in [-0.2, 0) is 66.9 Å². The van der Waals surface area contributed by atoms with Crippen molar-refractivity contribution in [2.75, 3.05) is 13.2 Å². The summed E-state index contributed by atoms with van der Waals surface area (Å²) in [4.78, 5) is 141. The standard InChI is InChI=1S/C66H68O20/c1-33-13-11-17-59(7)25-39(29-67)35(3)21-63(59)51(75)45(55(79)83-63)44(72)16-20-62(10)28-42(32-70)38(6)24-66(62)54(78)48(58(82)86-66)50(74)34(2)14-12-18-60(8)26-40(30-68)36(4)22-64(60)52(76)46(56(80)84-64)43(71)15-19-61(9)27-41(31-69)37(5)23-65(61)53(77)47(49(33)73)57(81)85-65/h11-20,25-28,31-32,35-38,67-68,71-74H,21-24,29-30H2,1-10H3/p-4/b17-11+,18-12+,19-15+,20-16+,33-13+,34-14+,45-44+,46-43?,49-47+,50-48+. The van der Waals surface area contributed by atoms with Crippen molar-refractivity contribution in [2.24, 2.45) is 45.3 Å². The highest BCUT2D eigenvalue weighted by atomic mass is 16.6. The van der Waals surface area contributed by atoms with Crippen LogP contribution in [0.5, 0.6) is 0 Å². The molecule has 4 heterocycles. The molecular formula is C66H64O20-4. The van der Waals surface area contributed by atoms with Crippen LogP contribution in [0.1, 0.15) is 94.9 Å². The molecule has 5 aliphatic carbocycles. The summed E-state index contributed by atoms with van der Waals surface area (Å²) < 4.78 is 23.7. The van der Waals surface area contributed by atoms with E-state index in [4.69, 9.17) is 18.9 Å². The molecule has 452 valence electrons. The first-order valence-corrected chi connectivity index (χ1v) is 28.1. The Hall–Kier alpha value is -8.62. The van der Waals surface area contributed by atoms with Gasteiger partial charge in [0.15, 0.2) is 22.4 Å². The first-order chi connectivity index (χ1) is 40.2. The van der Waals surface area contributed by atoms with Gasteiger partial charge >= 0.3 is 23.9 Å². The zero-order valence-electron chi connectivity index (χ0n) is 49.0. The number of carbonyl (C=O) groups is 10. The molecule has 20 nitrogen and oxygen atoms in total. The largest absolute Gasteiger partial charge is 0.872 e. The molecule has 4 fully saturated rings. The molecule has 12 atom stereocenters. The summed E-state index contributed by atoms with van der Waals surface area (Å²) in [6.07, 6.45) is 16.7. The molecule has 0 radical (unpaired) electrons. The van der Waals surface area contributed by atoms with E-state index >= 15 is 0 Å². The highest BCUT2D eigenvalue weighted by molar-refractivity contribution is 6.29. The topological polar surface area (TPSA) is 340 Å². The molecule has 12 unspecified atom stereocenters. The number of ether oxygens (including phenoxy) is 4. The Morgan fingerprint density at radius 3 is 1.03 bits per heavy atom. The number of aliphatic hydroxyl groups excluding tert-OH is 2. The number of hydrogen-bond donors (Lipinski definition) is 2. The molecule has 86 heavy (non-hydrogen) atoms. The third-order valence-electron chi connectivity index (χ3n) is 19.5. The van der Waals surface area contributed by atoms with Crippen molar-refractivity contribution in [3.8, 4) is 0 Å². The number of aliphatic hydroxyl groups is 2. The zero-order valence-corrected chi connectivity index (χ0v) is 49.0. The van der Waals surface area contributed by atoms with Gasteiger partial charge in [-0.05, 0) is 87.5 Å². The monoisotopic (exact) mass is 1180 g/mol. The fraction of sp³-hybridized carbons (Fsp3) is 0.424. The van der Waals surface area contributed by atoms with Crippen LogP contribution in [0.2, 0.25) is 0 Å². The van der Waals surface area contributed by atoms with Gasteiger partial charge in [-0.1, -0.05) is 147 Å². The van der Waals surface area contributed by atoms with Gasteiger partial charge in [-0.2, -0.15) is 0 Å². The summed E-state index contributed by atoms with van der Waals surface area (Å²) in [6, 6.07) is 0. The van der Waals surface area contributed by atoms with Crippen molar-refractivity contribution in [1.82, 2.24) is 0 Å². The van der Waals surface area contributed by atoms with Gasteiger partial charge < -0.3 is 49.6 Å². The minimum atomic E-state index is -2.29. The molecule has 4 spiro atoms. The number of fused-ring (bicyclic) bond motifs is 4. The summed E-state index contributed by atoms with van der Waals surface area (Å²) in [7, 11) is 0. The zero-order chi connectivity index (χ0) is 63.4. The Labute approximate surface area is 495 Å². The van der Waals surface area contributed by atoms with Gasteiger partial charge in [0.05, 0.1) is 57.2 Å². The Morgan fingerprint density at radius 1 is 0.453 bits per heavy atom. The fourth-order valence-electron chi connectivity index (χ4n) is 14.0. The normalized spacial score (nSPS) is 43.0. The molecule has 0 aromatic heterocycles. The molecule has 20 heteroatoms. The number of esters is 4. The lowest BCUT2D eigenvalue weighted by atomic mass is 9.60. The molecule has 4 saturated heterocycles. The highest BCUT2D eigenvalue weighted by Gasteiger charge is 2.67. The molecule has 2 N–H and O–H groups in total. The smallest absolute Gasteiger partial charge is 0.342 e. The van der Waals surface area contributed by atoms with Gasteiger partial charge in [-0.15, -0.1) is 0 Å². The molecule has 4 aliphatic heterocycles. The number of rotatable bonds is 4. The second kappa shape index (κ2) is 21.1. The minimum absolute atomic E-state index is 0.118. The van der Waals surface area contributed by atoms with Crippen LogP contribution < -0.4 is 20.4 Å². The van der Waals surface area contributed by atoms with E-state index < -0.39 is 173 Å². The first kappa shape index (κ1) is 61.9. The molecule has 9 aliphatic rings. The molecule has 0 aromatic carbocycles. The Kier molecular flexibility index (Phi) is 15.2. The summed E-state index contributed by atoms with van der Waals surface area (Å²) >= 11 is 0. The number of aldehydes is 2. The van der Waals surface area contributed by atoms with Crippen molar-refractivity contribution in [1.29, 1.82) is 0 Å². The van der Waals surface area contributed by atoms with E-state index in [9.17, 15) is 78.6 Å². The van der Waals surface area contributed by atoms with E-state index in [-0.39, 0.29) is 48.0 Å². The molecule has 0 aromatic rings. The van der Waals surface area contributed by atoms with Gasteiger partial charge in [0.1, 0.15) is 12.6 Å². The van der Waals surface area contributed by atoms with Crippen LogP contribution >= 0.6 is 0 Å². The fourth-order valence-corrected chi connectivity index (χ4v) is 14.0. The van der Waals surface area contributed by atoms with E-state index in [1.54, 1.807) is 27.7 Å². The minimum Gasteiger partial charge on any atom is -0.872 e. The van der Waals surface area contributed by atoms with E-state index in [0.29, 0.717) is 23.7 Å². The average Bonchev–Trinajstić information content (AvgIpc) is 1.52. The molecule has 0 saturated carbocycles. The average molecular weight is 1180 g/mol.